The number of hydrogen-bond acceptors (Lipinski definition) is 3. The van der Waals surface area contributed by atoms with Gasteiger partial charge in [0, 0.05) is 22.5 Å². The minimum Gasteiger partial charge on any atom is -0.383 e. The minimum atomic E-state index is -2.96. The molecule has 90 valence electrons. The first-order chi connectivity index (χ1) is 7.44. The Hall–Kier alpha value is -0.620. The van der Waals surface area contributed by atoms with Crippen molar-refractivity contribution in [1.29, 1.82) is 0 Å². The second-order valence-electron chi connectivity index (χ2n) is 3.29. The maximum absolute atomic E-state index is 12.8. The first-order valence-corrected chi connectivity index (χ1v) is 7.45. The van der Waals surface area contributed by atoms with Crippen LogP contribution >= 0.6 is 15.9 Å². The van der Waals surface area contributed by atoms with Gasteiger partial charge in [0.05, 0.1) is 5.75 Å². The molecule has 0 aliphatic rings. The molecule has 1 aromatic carbocycles. The molecule has 0 saturated heterocycles. The van der Waals surface area contributed by atoms with Crippen molar-refractivity contribution >= 4 is 31.5 Å². The van der Waals surface area contributed by atoms with Gasteiger partial charge in [0.25, 0.3) is 0 Å². The van der Waals surface area contributed by atoms with Gasteiger partial charge in [-0.15, -0.1) is 0 Å². The summed E-state index contributed by atoms with van der Waals surface area (Å²) < 4.78 is 35.8. The average molecular weight is 310 g/mol. The van der Waals surface area contributed by atoms with E-state index in [1.165, 1.54) is 12.1 Å². The lowest BCUT2D eigenvalue weighted by Gasteiger charge is -2.08. The molecular formula is C10H13BrFNO2S. The van der Waals surface area contributed by atoms with E-state index in [0.717, 1.165) is 0 Å². The molecule has 0 heterocycles. The normalized spacial score (nSPS) is 11.4. The molecule has 0 bridgehead atoms. The second kappa shape index (κ2) is 5.63. The highest BCUT2D eigenvalue weighted by Crippen LogP contribution is 2.22. The summed E-state index contributed by atoms with van der Waals surface area (Å²) in [6.07, 6.45) is 0. The van der Waals surface area contributed by atoms with Crippen LogP contribution in [-0.2, 0) is 9.84 Å². The second-order valence-corrected chi connectivity index (χ2v) is 6.61. The monoisotopic (exact) mass is 309 g/mol. The molecule has 0 amide bonds. The van der Waals surface area contributed by atoms with Crippen molar-refractivity contribution in [3.8, 4) is 0 Å². The third-order valence-electron chi connectivity index (χ3n) is 2.10. The summed E-state index contributed by atoms with van der Waals surface area (Å²) in [6, 6.07) is 4.22. The highest BCUT2D eigenvalue weighted by Gasteiger charge is 2.07. The van der Waals surface area contributed by atoms with Crippen molar-refractivity contribution in [3.05, 3.63) is 28.5 Å². The van der Waals surface area contributed by atoms with E-state index in [2.05, 4.69) is 21.2 Å². The lowest BCUT2D eigenvalue weighted by atomic mass is 10.3. The molecule has 0 unspecified atom stereocenters. The number of nitrogens with one attached hydrogen (secondary N) is 1. The van der Waals surface area contributed by atoms with Crippen molar-refractivity contribution in [2.45, 2.75) is 6.92 Å². The predicted octanol–water partition coefficient (Wildman–Crippen LogP) is 2.43. The molecule has 0 radical (unpaired) electrons. The van der Waals surface area contributed by atoms with Crippen LogP contribution in [0.1, 0.15) is 6.92 Å². The van der Waals surface area contributed by atoms with Crippen molar-refractivity contribution < 1.29 is 12.8 Å². The highest BCUT2D eigenvalue weighted by molar-refractivity contribution is 9.10. The van der Waals surface area contributed by atoms with E-state index in [1.807, 2.05) is 0 Å². The Morgan fingerprint density at radius 3 is 2.69 bits per heavy atom. The van der Waals surface area contributed by atoms with E-state index in [0.29, 0.717) is 16.7 Å². The molecule has 16 heavy (non-hydrogen) atoms. The number of benzene rings is 1. The zero-order valence-corrected chi connectivity index (χ0v) is 11.2. The topological polar surface area (TPSA) is 46.2 Å². The quantitative estimate of drug-likeness (QED) is 0.908. The summed E-state index contributed by atoms with van der Waals surface area (Å²) in [5.74, 6) is -0.120. The van der Waals surface area contributed by atoms with Crippen molar-refractivity contribution in [2.24, 2.45) is 0 Å². The summed E-state index contributed by atoms with van der Waals surface area (Å²) in [5, 5.41) is 2.94. The summed E-state index contributed by atoms with van der Waals surface area (Å²) in [6.45, 7) is 1.93. The van der Waals surface area contributed by atoms with Crippen LogP contribution in [0.5, 0.6) is 0 Å². The van der Waals surface area contributed by atoms with Gasteiger partial charge in [0.1, 0.15) is 5.82 Å². The number of hydrogen-bond donors (Lipinski definition) is 1. The van der Waals surface area contributed by atoms with E-state index >= 15 is 0 Å². The van der Waals surface area contributed by atoms with Gasteiger partial charge in [-0.3, -0.25) is 0 Å². The Balaban J connectivity index is 2.56. The molecule has 3 nitrogen and oxygen atoms in total. The van der Waals surface area contributed by atoms with Crippen LogP contribution in [0.2, 0.25) is 0 Å². The molecule has 1 rings (SSSR count). The summed E-state index contributed by atoms with van der Waals surface area (Å²) in [7, 11) is -2.96. The SMILES string of the molecule is CCS(=O)(=O)CCNc1ccc(F)cc1Br. The average Bonchev–Trinajstić information content (AvgIpc) is 2.21. The van der Waals surface area contributed by atoms with Crippen LogP contribution in [-0.4, -0.2) is 26.5 Å². The first kappa shape index (κ1) is 13.4. The van der Waals surface area contributed by atoms with Gasteiger partial charge in [0.15, 0.2) is 9.84 Å². The van der Waals surface area contributed by atoms with Crippen molar-refractivity contribution in [1.82, 2.24) is 0 Å². The van der Waals surface area contributed by atoms with Gasteiger partial charge in [-0.05, 0) is 34.1 Å². The molecule has 0 fully saturated rings. The van der Waals surface area contributed by atoms with Crippen LogP contribution in [0, 0.1) is 5.82 Å². The van der Waals surface area contributed by atoms with Gasteiger partial charge in [0.2, 0.25) is 0 Å². The molecule has 0 aliphatic carbocycles. The van der Waals surface area contributed by atoms with Gasteiger partial charge in [-0.25, -0.2) is 12.8 Å². The molecule has 6 heteroatoms. The number of rotatable bonds is 5. The molecule has 1 N–H and O–H groups in total. The number of anilines is 1. The van der Waals surface area contributed by atoms with E-state index in [9.17, 15) is 12.8 Å². The van der Waals surface area contributed by atoms with E-state index in [-0.39, 0.29) is 17.3 Å². The highest BCUT2D eigenvalue weighted by atomic mass is 79.9. The maximum Gasteiger partial charge on any atom is 0.151 e. The molecule has 0 saturated carbocycles. The van der Waals surface area contributed by atoms with Gasteiger partial charge in [-0.2, -0.15) is 0 Å². The zero-order valence-electron chi connectivity index (χ0n) is 8.83. The third kappa shape index (κ3) is 4.09. The standard InChI is InChI=1S/C10H13BrFNO2S/c1-2-16(14,15)6-5-13-10-4-3-8(12)7-9(10)11/h3-4,7,13H,2,5-6H2,1H3. The van der Waals surface area contributed by atoms with E-state index in [1.54, 1.807) is 13.0 Å². The van der Waals surface area contributed by atoms with Crippen LogP contribution in [0.15, 0.2) is 22.7 Å². The zero-order chi connectivity index (χ0) is 12.2. The van der Waals surface area contributed by atoms with Crippen LogP contribution < -0.4 is 5.32 Å². The summed E-state index contributed by atoms with van der Waals surface area (Å²) >= 11 is 3.19. The van der Waals surface area contributed by atoms with E-state index < -0.39 is 9.84 Å². The van der Waals surface area contributed by atoms with Crippen LogP contribution in [0.25, 0.3) is 0 Å². The van der Waals surface area contributed by atoms with Gasteiger partial charge < -0.3 is 5.32 Å². The molecule has 0 atom stereocenters. The fraction of sp³-hybridized carbons (Fsp3) is 0.400. The Bertz CT molecular complexity index is 462. The maximum atomic E-state index is 12.8. The van der Waals surface area contributed by atoms with Crippen molar-refractivity contribution in [2.75, 3.05) is 23.4 Å². The lowest BCUT2D eigenvalue weighted by Crippen LogP contribution is -2.17. The van der Waals surface area contributed by atoms with E-state index in [4.69, 9.17) is 0 Å². The van der Waals surface area contributed by atoms with Crippen LogP contribution in [0.4, 0.5) is 10.1 Å². The summed E-state index contributed by atoms with van der Waals surface area (Å²) in [4.78, 5) is 0. The largest absolute Gasteiger partial charge is 0.383 e. The molecular weight excluding hydrogens is 297 g/mol. The molecule has 1 aromatic rings. The fourth-order valence-corrected chi connectivity index (χ4v) is 2.31. The number of sulfone groups is 1. The molecule has 0 spiro atoms. The van der Waals surface area contributed by atoms with Crippen LogP contribution in [0.3, 0.4) is 0 Å². The molecule has 0 aromatic heterocycles. The van der Waals surface area contributed by atoms with Crippen molar-refractivity contribution in [3.63, 3.8) is 0 Å². The lowest BCUT2D eigenvalue weighted by molar-refractivity contribution is 0.597. The Labute approximate surface area is 103 Å². The minimum absolute atomic E-state index is 0.0767. The smallest absolute Gasteiger partial charge is 0.151 e. The summed E-state index contributed by atoms with van der Waals surface area (Å²) in [5.41, 5.74) is 0.688. The Kier molecular flexibility index (Phi) is 4.73. The Morgan fingerprint density at radius 2 is 2.12 bits per heavy atom. The fourth-order valence-electron chi connectivity index (χ4n) is 1.12. The third-order valence-corrected chi connectivity index (χ3v) is 4.46. The Morgan fingerprint density at radius 1 is 1.44 bits per heavy atom. The predicted molar refractivity (Wildman–Crippen MR) is 66.9 cm³/mol. The first-order valence-electron chi connectivity index (χ1n) is 4.84. The number of halogens is 2. The molecule has 0 aliphatic heterocycles. The van der Waals surface area contributed by atoms with Gasteiger partial charge in [-0.1, -0.05) is 6.92 Å². The van der Waals surface area contributed by atoms with Gasteiger partial charge >= 0.3 is 0 Å².